The molecule has 0 aliphatic carbocycles. The molecule has 0 heterocycles. The van der Waals surface area contributed by atoms with Crippen LogP contribution < -0.4 is 15.4 Å². The molecule has 0 aromatic heterocycles. The maximum atomic E-state index is 12.0. The van der Waals surface area contributed by atoms with E-state index in [2.05, 4.69) is 10.6 Å². The van der Waals surface area contributed by atoms with Gasteiger partial charge in [0.05, 0.1) is 6.10 Å². The average molecular weight is 326 g/mol. The third-order valence-electron chi connectivity index (χ3n) is 3.32. The van der Waals surface area contributed by atoms with Crippen LogP contribution in [0.2, 0.25) is 0 Å². The Labute approximate surface area is 142 Å². The van der Waals surface area contributed by atoms with Gasteiger partial charge >= 0.3 is 11.8 Å². The van der Waals surface area contributed by atoms with Gasteiger partial charge in [0, 0.05) is 11.4 Å². The summed E-state index contributed by atoms with van der Waals surface area (Å²) in [6, 6.07) is 12.5. The summed E-state index contributed by atoms with van der Waals surface area (Å²) in [6.45, 7) is 7.73. The molecule has 126 valence electrons. The van der Waals surface area contributed by atoms with E-state index < -0.39 is 11.8 Å². The predicted molar refractivity (Wildman–Crippen MR) is 95.4 cm³/mol. The Morgan fingerprint density at radius 3 is 2.12 bits per heavy atom. The molecule has 0 saturated heterocycles. The van der Waals surface area contributed by atoms with Gasteiger partial charge in [0.1, 0.15) is 5.75 Å². The minimum atomic E-state index is -0.715. The summed E-state index contributed by atoms with van der Waals surface area (Å²) in [4.78, 5) is 24.0. The Kier molecular flexibility index (Phi) is 5.58. The Hall–Kier alpha value is -2.82. The lowest BCUT2D eigenvalue weighted by molar-refractivity contribution is -0.133. The van der Waals surface area contributed by atoms with Crippen molar-refractivity contribution in [2.24, 2.45) is 0 Å². The summed E-state index contributed by atoms with van der Waals surface area (Å²) < 4.78 is 5.53. The number of anilines is 2. The molecule has 0 saturated carbocycles. The van der Waals surface area contributed by atoms with Gasteiger partial charge in [0.25, 0.3) is 0 Å². The van der Waals surface area contributed by atoms with Crippen LogP contribution in [-0.4, -0.2) is 17.9 Å². The van der Waals surface area contributed by atoms with E-state index in [0.29, 0.717) is 17.1 Å². The molecule has 0 fully saturated rings. The third-order valence-corrected chi connectivity index (χ3v) is 3.32. The van der Waals surface area contributed by atoms with Gasteiger partial charge in [0.15, 0.2) is 0 Å². The molecule has 2 N–H and O–H groups in total. The van der Waals surface area contributed by atoms with Gasteiger partial charge in [-0.2, -0.15) is 0 Å². The highest BCUT2D eigenvalue weighted by Crippen LogP contribution is 2.18. The molecular weight excluding hydrogens is 304 g/mol. The number of rotatable bonds is 4. The van der Waals surface area contributed by atoms with Crippen molar-refractivity contribution in [3.63, 3.8) is 0 Å². The zero-order valence-electron chi connectivity index (χ0n) is 14.3. The zero-order valence-corrected chi connectivity index (χ0v) is 14.3. The monoisotopic (exact) mass is 326 g/mol. The van der Waals surface area contributed by atoms with Gasteiger partial charge in [-0.25, -0.2) is 0 Å². The summed E-state index contributed by atoms with van der Waals surface area (Å²) in [5.41, 5.74) is 3.17. The maximum Gasteiger partial charge on any atom is 0.314 e. The van der Waals surface area contributed by atoms with E-state index in [1.807, 2.05) is 39.8 Å². The highest BCUT2D eigenvalue weighted by atomic mass is 16.5. The lowest BCUT2D eigenvalue weighted by Gasteiger charge is -2.11. The van der Waals surface area contributed by atoms with Crippen molar-refractivity contribution >= 4 is 23.2 Å². The van der Waals surface area contributed by atoms with Crippen molar-refractivity contribution in [2.75, 3.05) is 10.6 Å². The van der Waals surface area contributed by atoms with E-state index in [-0.39, 0.29) is 6.10 Å². The third kappa shape index (κ3) is 4.84. The first kappa shape index (κ1) is 17.5. The fraction of sp³-hybridized carbons (Fsp3) is 0.263. The molecule has 5 heteroatoms. The summed E-state index contributed by atoms with van der Waals surface area (Å²) in [6.07, 6.45) is 0.0777. The number of nitrogens with one attached hydrogen (secondary N) is 2. The molecule has 0 aliphatic rings. The molecule has 2 aromatic rings. The molecule has 2 rings (SSSR count). The lowest BCUT2D eigenvalue weighted by atomic mass is 10.1. The van der Waals surface area contributed by atoms with Crippen molar-refractivity contribution in [1.29, 1.82) is 0 Å². The fourth-order valence-electron chi connectivity index (χ4n) is 2.21. The standard InChI is InChI=1S/C19H22N2O3/c1-12(2)24-16-8-6-15(7-9-16)20-18(22)19(23)21-17-10-5-13(3)11-14(17)4/h5-12H,1-4H3,(H,20,22)(H,21,23). The van der Waals surface area contributed by atoms with Crippen LogP contribution in [0, 0.1) is 13.8 Å². The molecule has 0 atom stereocenters. The first-order valence-electron chi connectivity index (χ1n) is 7.81. The number of carbonyl (C=O) groups is 2. The normalized spacial score (nSPS) is 10.4. The minimum Gasteiger partial charge on any atom is -0.491 e. The quantitative estimate of drug-likeness (QED) is 0.843. The number of ether oxygens (including phenoxy) is 1. The number of benzene rings is 2. The summed E-state index contributed by atoms with van der Waals surface area (Å²) in [5, 5.41) is 5.19. The van der Waals surface area contributed by atoms with E-state index in [1.165, 1.54) is 0 Å². The maximum absolute atomic E-state index is 12.0. The summed E-state index contributed by atoms with van der Waals surface area (Å²) in [5.74, 6) is -0.709. The minimum absolute atomic E-state index is 0.0777. The molecule has 24 heavy (non-hydrogen) atoms. The molecule has 0 unspecified atom stereocenters. The van der Waals surface area contributed by atoms with Gasteiger partial charge in [-0.1, -0.05) is 17.7 Å². The Balaban J connectivity index is 1.97. The SMILES string of the molecule is Cc1ccc(NC(=O)C(=O)Nc2ccc(OC(C)C)cc2)c(C)c1. The largest absolute Gasteiger partial charge is 0.491 e. The molecule has 0 aliphatic heterocycles. The van der Waals surface area contributed by atoms with Crippen LogP contribution in [0.1, 0.15) is 25.0 Å². The van der Waals surface area contributed by atoms with Crippen molar-refractivity contribution in [1.82, 2.24) is 0 Å². The molecule has 0 bridgehead atoms. The number of amides is 2. The number of hydrogen-bond donors (Lipinski definition) is 2. The van der Waals surface area contributed by atoms with Gasteiger partial charge in [-0.15, -0.1) is 0 Å². The zero-order chi connectivity index (χ0) is 17.7. The highest BCUT2D eigenvalue weighted by Gasteiger charge is 2.15. The molecular formula is C19H22N2O3. The summed E-state index contributed by atoms with van der Waals surface area (Å²) >= 11 is 0. The van der Waals surface area contributed by atoms with Gasteiger partial charge in [0.2, 0.25) is 0 Å². The topological polar surface area (TPSA) is 67.4 Å². The van der Waals surface area contributed by atoms with E-state index >= 15 is 0 Å². The van der Waals surface area contributed by atoms with Crippen LogP contribution in [0.15, 0.2) is 42.5 Å². The Morgan fingerprint density at radius 1 is 0.917 bits per heavy atom. The molecule has 5 nitrogen and oxygen atoms in total. The molecule has 2 amide bonds. The van der Waals surface area contributed by atoms with Crippen LogP contribution >= 0.6 is 0 Å². The predicted octanol–water partition coefficient (Wildman–Crippen LogP) is 3.67. The van der Waals surface area contributed by atoms with Gasteiger partial charge in [-0.05, 0) is 63.6 Å². The second kappa shape index (κ2) is 7.64. The molecule has 0 spiro atoms. The Bertz CT molecular complexity index is 737. The fourth-order valence-corrected chi connectivity index (χ4v) is 2.21. The number of aryl methyl sites for hydroxylation is 2. The van der Waals surface area contributed by atoms with Gasteiger partial charge in [-0.3, -0.25) is 9.59 Å². The van der Waals surface area contributed by atoms with Crippen LogP contribution in [0.5, 0.6) is 5.75 Å². The smallest absolute Gasteiger partial charge is 0.314 e. The first-order valence-corrected chi connectivity index (χ1v) is 7.81. The number of carbonyl (C=O) groups excluding carboxylic acids is 2. The second-order valence-electron chi connectivity index (χ2n) is 5.92. The van der Waals surface area contributed by atoms with Crippen molar-refractivity contribution in [2.45, 2.75) is 33.8 Å². The van der Waals surface area contributed by atoms with Crippen LogP contribution in [-0.2, 0) is 9.59 Å². The molecule has 2 aromatic carbocycles. The number of hydrogen-bond acceptors (Lipinski definition) is 3. The van der Waals surface area contributed by atoms with Gasteiger partial charge < -0.3 is 15.4 Å². The van der Waals surface area contributed by atoms with Crippen molar-refractivity contribution in [3.8, 4) is 5.75 Å². The highest BCUT2D eigenvalue weighted by molar-refractivity contribution is 6.43. The van der Waals surface area contributed by atoms with E-state index in [4.69, 9.17) is 4.74 Å². The lowest BCUT2D eigenvalue weighted by Crippen LogP contribution is -2.29. The van der Waals surface area contributed by atoms with Crippen molar-refractivity contribution in [3.05, 3.63) is 53.6 Å². The average Bonchev–Trinajstić information content (AvgIpc) is 2.51. The van der Waals surface area contributed by atoms with E-state index in [9.17, 15) is 9.59 Å². The first-order chi connectivity index (χ1) is 11.3. The second-order valence-corrected chi connectivity index (χ2v) is 5.92. The molecule has 0 radical (unpaired) electrons. The van der Waals surface area contributed by atoms with E-state index in [1.54, 1.807) is 30.3 Å². The van der Waals surface area contributed by atoms with Crippen LogP contribution in [0.25, 0.3) is 0 Å². The summed E-state index contributed by atoms with van der Waals surface area (Å²) in [7, 11) is 0. The Morgan fingerprint density at radius 2 is 1.54 bits per heavy atom. The van der Waals surface area contributed by atoms with E-state index in [0.717, 1.165) is 11.1 Å². The van der Waals surface area contributed by atoms with Crippen LogP contribution in [0.4, 0.5) is 11.4 Å². The van der Waals surface area contributed by atoms with Crippen molar-refractivity contribution < 1.29 is 14.3 Å². The van der Waals surface area contributed by atoms with Crippen LogP contribution in [0.3, 0.4) is 0 Å².